The number of ether oxygens (including phenoxy) is 1. The van der Waals surface area contributed by atoms with Crippen LogP contribution in [0.3, 0.4) is 0 Å². The van der Waals surface area contributed by atoms with Crippen LogP contribution in [0, 0.1) is 0 Å². The SMILES string of the molecule is CCOC(=O)C(N)Cc1ccccc1C(C)C. The smallest absolute Gasteiger partial charge is 0.323 e. The quantitative estimate of drug-likeness (QED) is 0.796. The Kier molecular flexibility index (Phi) is 5.16. The van der Waals surface area contributed by atoms with Crippen LogP contribution in [0.1, 0.15) is 37.8 Å². The lowest BCUT2D eigenvalue weighted by molar-refractivity contribution is -0.144. The van der Waals surface area contributed by atoms with E-state index in [-0.39, 0.29) is 5.97 Å². The maximum absolute atomic E-state index is 11.5. The molecule has 0 fully saturated rings. The number of benzene rings is 1. The van der Waals surface area contributed by atoms with Crippen molar-refractivity contribution < 1.29 is 9.53 Å². The summed E-state index contributed by atoms with van der Waals surface area (Å²) in [6.07, 6.45) is 0.535. The fourth-order valence-corrected chi connectivity index (χ4v) is 1.85. The van der Waals surface area contributed by atoms with Gasteiger partial charge in [-0.15, -0.1) is 0 Å². The average Bonchev–Trinajstić information content (AvgIpc) is 2.29. The van der Waals surface area contributed by atoms with Gasteiger partial charge in [0.2, 0.25) is 0 Å². The summed E-state index contributed by atoms with van der Waals surface area (Å²) in [5, 5.41) is 0. The molecule has 1 aromatic carbocycles. The molecule has 3 heteroatoms. The number of carbonyl (C=O) groups excluding carboxylic acids is 1. The fraction of sp³-hybridized carbons (Fsp3) is 0.500. The number of hydrogen-bond acceptors (Lipinski definition) is 3. The lowest BCUT2D eigenvalue weighted by Crippen LogP contribution is -2.34. The molecule has 0 saturated carbocycles. The monoisotopic (exact) mass is 235 g/mol. The van der Waals surface area contributed by atoms with Crippen molar-refractivity contribution in [1.29, 1.82) is 0 Å². The van der Waals surface area contributed by atoms with Crippen LogP contribution >= 0.6 is 0 Å². The van der Waals surface area contributed by atoms with Gasteiger partial charge in [0.25, 0.3) is 0 Å². The van der Waals surface area contributed by atoms with Crippen molar-refractivity contribution in [3.8, 4) is 0 Å². The summed E-state index contributed by atoms with van der Waals surface area (Å²) >= 11 is 0. The van der Waals surface area contributed by atoms with Crippen LogP contribution in [0.15, 0.2) is 24.3 Å². The minimum atomic E-state index is -0.574. The fourth-order valence-electron chi connectivity index (χ4n) is 1.85. The van der Waals surface area contributed by atoms with Crippen LogP contribution in [0.5, 0.6) is 0 Å². The summed E-state index contributed by atoms with van der Waals surface area (Å²) in [6.45, 7) is 6.43. The number of esters is 1. The number of rotatable bonds is 5. The molecule has 1 unspecified atom stereocenters. The molecule has 0 aliphatic carbocycles. The molecule has 1 atom stereocenters. The van der Waals surface area contributed by atoms with Gasteiger partial charge in [0.05, 0.1) is 6.61 Å². The van der Waals surface area contributed by atoms with Gasteiger partial charge in [0, 0.05) is 0 Å². The van der Waals surface area contributed by atoms with E-state index in [1.54, 1.807) is 6.92 Å². The van der Waals surface area contributed by atoms with E-state index >= 15 is 0 Å². The van der Waals surface area contributed by atoms with Crippen molar-refractivity contribution in [2.75, 3.05) is 6.61 Å². The van der Waals surface area contributed by atoms with Crippen molar-refractivity contribution in [1.82, 2.24) is 0 Å². The van der Waals surface area contributed by atoms with Gasteiger partial charge in [-0.2, -0.15) is 0 Å². The van der Waals surface area contributed by atoms with E-state index in [0.29, 0.717) is 18.9 Å². The van der Waals surface area contributed by atoms with E-state index in [4.69, 9.17) is 10.5 Å². The highest BCUT2D eigenvalue weighted by molar-refractivity contribution is 5.75. The number of hydrogen-bond donors (Lipinski definition) is 1. The van der Waals surface area contributed by atoms with Crippen molar-refractivity contribution >= 4 is 5.97 Å². The normalized spacial score (nSPS) is 12.5. The third-order valence-electron chi connectivity index (χ3n) is 2.71. The second-order valence-electron chi connectivity index (χ2n) is 4.42. The molecular weight excluding hydrogens is 214 g/mol. The highest BCUT2D eigenvalue weighted by Gasteiger charge is 2.17. The Morgan fingerprint density at radius 2 is 2.00 bits per heavy atom. The Hall–Kier alpha value is -1.35. The highest BCUT2D eigenvalue weighted by Crippen LogP contribution is 2.20. The van der Waals surface area contributed by atoms with Gasteiger partial charge in [-0.05, 0) is 30.4 Å². The first-order valence-corrected chi connectivity index (χ1v) is 6.06. The van der Waals surface area contributed by atoms with E-state index in [1.165, 1.54) is 5.56 Å². The standard InChI is InChI=1S/C14H21NO2/c1-4-17-14(16)13(15)9-11-7-5-6-8-12(11)10(2)3/h5-8,10,13H,4,9,15H2,1-3H3. The maximum Gasteiger partial charge on any atom is 0.323 e. The molecule has 0 heterocycles. The van der Waals surface area contributed by atoms with Crippen molar-refractivity contribution in [3.63, 3.8) is 0 Å². The molecule has 0 aliphatic rings. The average molecular weight is 235 g/mol. The molecule has 0 radical (unpaired) electrons. The predicted octanol–water partition coefficient (Wildman–Crippen LogP) is 2.24. The summed E-state index contributed by atoms with van der Waals surface area (Å²) in [5.41, 5.74) is 8.20. The molecule has 17 heavy (non-hydrogen) atoms. The third kappa shape index (κ3) is 3.86. The highest BCUT2D eigenvalue weighted by atomic mass is 16.5. The van der Waals surface area contributed by atoms with Crippen molar-refractivity contribution in [2.45, 2.75) is 39.2 Å². The second-order valence-corrected chi connectivity index (χ2v) is 4.42. The third-order valence-corrected chi connectivity index (χ3v) is 2.71. The van der Waals surface area contributed by atoms with E-state index in [9.17, 15) is 4.79 Å². The van der Waals surface area contributed by atoms with Crippen LogP contribution in [0.25, 0.3) is 0 Å². The Morgan fingerprint density at radius 1 is 1.35 bits per heavy atom. The van der Waals surface area contributed by atoms with Crippen molar-refractivity contribution in [2.24, 2.45) is 5.73 Å². The summed E-state index contributed by atoms with van der Waals surface area (Å²) in [7, 11) is 0. The first-order valence-electron chi connectivity index (χ1n) is 6.06. The summed E-state index contributed by atoms with van der Waals surface area (Å²) < 4.78 is 4.91. The largest absolute Gasteiger partial charge is 0.465 e. The minimum absolute atomic E-state index is 0.328. The first-order chi connectivity index (χ1) is 8.06. The van der Waals surface area contributed by atoms with Gasteiger partial charge in [0.15, 0.2) is 0 Å². The minimum Gasteiger partial charge on any atom is -0.465 e. The topological polar surface area (TPSA) is 52.3 Å². The molecule has 0 aliphatic heterocycles. The van der Waals surface area contributed by atoms with E-state index in [2.05, 4.69) is 19.9 Å². The lowest BCUT2D eigenvalue weighted by atomic mass is 9.93. The summed E-state index contributed by atoms with van der Waals surface area (Å²) in [6, 6.07) is 7.51. The number of nitrogens with two attached hydrogens (primary N) is 1. The molecule has 0 spiro atoms. The van der Waals surface area contributed by atoms with Gasteiger partial charge in [0.1, 0.15) is 6.04 Å². The molecule has 0 bridgehead atoms. The van der Waals surface area contributed by atoms with E-state index in [1.807, 2.05) is 18.2 Å². The Morgan fingerprint density at radius 3 is 2.59 bits per heavy atom. The van der Waals surface area contributed by atoms with Crippen LogP contribution in [0.2, 0.25) is 0 Å². The Labute approximate surface area is 103 Å². The zero-order valence-electron chi connectivity index (χ0n) is 10.8. The van der Waals surface area contributed by atoms with Crippen LogP contribution < -0.4 is 5.73 Å². The Bertz CT molecular complexity index is 374. The molecular formula is C14H21NO2. The van der Waals surface area contributed by atoms with Gasteiger partial charge in [-0.1, -0.05) is 38.1 Å². The van der Waals surface area contributed by atoms with Gasteiger partial charge in [-0.25, -0.2) is 0 Å². The molecule has 1 aromatic rings. The van der Waals surface area contributed by atoms with Gasteiger partial charge in [-0.3, -0.25) is 4.79 Å². The molecule has 0 aromatic heterocycles. The molecule has 1 rings (SSSR count). The zero-order chi connectivity index (χ0) is 12.8. The molecule has 3 nitrogen and oxygen atoms in total. The first kappa shape index (κ1) is 13.7. The zero-order valence-corrected chi connectivity index (χ0v) is 10.8. The molecule has 0 saturated heterocycles. The molecule has 94 valence electrons. The van der Waals surface area contributed by atoms with Crippen molar-refractivity contribution in [3.05, 3.63) is 35.4 Å². The number of carbonyl (C=O) groups is 1. The van der Waals surface area contributed by atoms with Crippen LogP contribution in [-0.2, 0) is 16.0 Å². The molecule has 2 N–H and O–H groups in total. The van der Waals surface area contributed by atoms with Gasteiger partial charge >= 0.3 is 5.97 Å². The van der Waals surface area contributed by atoms with E-state index < -0.39 is 6.04 Å². The second kappa shape index (κ2) is 6.40. The van der Waals surface area contributed by atoms with E-state index in [0.717, 1.165) is 5.56 Å². The van der Waals surface area contributed by atoms with Gasteiger partial charge < -0.3 is 10.5 Å². The Balaban J connectivity index is 2.77. The molecule has 0 amide bonds. The lowest BCUT2D eigenvalue weighted by Gasteiger charge is -2.15. The predicted molar refractivity (Wildman–Crippen MR) is 68.8 cm³/mol. The summed E-state index contributed by atoms with van der Waals surface area (Å²) in [4.78, 5) is 11.5. The van der Waals surface area contributed by atoms with Crippen LogP contribution in [0.4, 0.5) is 0 Å². The summed E-state index contributed by atoms with van der Waals surface area (Å²) in [5.74, 6) is 0.103. The van der Waals surface area contributed by atoms with Crippen LogP contribution in [-0.4, -0.2) is 18.6 Å². The maximum atomic E-state index is 11.5.